The molecule has 1 fully saturated rings. The number of nitrogens with zero attached hydrogens (tertiary/aromatic N) is 1. The van der Waals surface area contributed by atoms with Crippen LogP contribution in [0, 0.1) is 6.92 Å². The van der Waals surface area contributed by atoms with Crippen molar-refractivity contribution in [2.24, 2.45) is 0 Å². The average Bonchev–Trinajstić information content (AvgIpc) is 3.00. The lowest BCUT2D eigenvalue weighted by Crippen LogP contribution is -2.34. The number of carbonyl (C=O) groups excluding carboxylic acids is 1. The lowest BCUT2D eigenvalue weighted by atomic mass is 10.1. The quantitative estimate of drug-likeness (QED) is 0.902. The highest BCUT2D eigenvalue weighted by Gasteiger charge is 2.14. The summed E-state index contributed by atoms with van der Waals surface area (Å²) in [5, 5.41) is 3.72. The topological polar surface area (TPSA) is 65.2 Å². The maximum Gasteiger partial charge on any atom is 0.252 e. The minimum Gasteiger partial charge on any atom is -0.351 e. The van der Waals surface area contributed by atoms with Crippen molar-refractivity contribution in [3.05, 3.63) is 45.7 Å². The number of amides is 1. The summed E-state index contributed by atoms with van der Waals surface area (Å²) in [6.07, 6.45) is 2.48. The summed E-state index contributed by atoms with van der Waals surface area (Å²) in [6, 6.07) is 7.08. The van der Waals surface area contributed by atoms with Gasteiger partial charge in [-0.2, -0.15) is 0 Å². The van der Waals surface area contributed by atoms with Crippen molar-refractivity contribution in [2.45, 2.75) is 19.8 Å². The highest BCUT2D eigenvalue weighted by atomic mass is 16.2. The number of H-pyrrole nitrogens is 1. The van der Waals surface area contributed by atoms with E-state index >= 15 is 0 Å². The third-order valence-electron chi connectivity index (χ3n) is 4.16. The van der Waals surface area contributed by atoms with Crippen molar-refractivity contribution in [1.82, 2.24) is 15.2 Å². The summed E-state index contributed by atoms with van der Waals surface area (Å²) < 4.78 is 0. The summed E-state index contributed by atoms with van der Waals surface area (Å²) in [5.74, 6) is -0.180. The van der Waals surface area contributed by atoms with Crippen LogP contribution in [-0.2, 0) is 0 Å². The molecule has 0 aliphatic carbocycles. The number of nitrogens with one attached hydrogen (secondary N) is 2. The SMILES string of the molecule is Cc1ccc2[nH]c(=O)cc(C(=O)NCCN3CCCC3)c2c1. The number of aryl methyl sites for hydroxylation is 1. The summed E-state index contributed by atoms with van der Waals surface area (Å²) >= 11 is 0. The maximum absolute atomic E-state index is 12.4. The number of rotatable bonds is 4. The van der Waals surface area contributed by atoms with Gasteiger partial charge in [-0.25, -0.2) is 0 Å². The third kappa shape index (κ3) is 3.20. The van der Waals surface area contributed by atoms with Crippen LogP contribution < -0.4 is 10.9 Å². The zero-order valence-corrected chi connectivity index (χ0v) is 12.8. The number of benzene rings is 1. The molecular formula is C17H21N3O2. The lowest BCUT2D eigenvalue weighted by Gasteiger charge is -2.15. The van der Waals surface area contributed by atoms with E-state index in [1.807, 2.05) is 25.1 Å². The molecule has 2 N–H and O–H groups in total. The van der Waals surface area contributed by atoms with Crippen LogP contribution in [0.3, 0.4) is 0 Å². The van der Waals surface area contributed by atoms with Crippen molar-refractivity contribution in [1.29, 1.82) is 0 Å². The molecule has 0 unspecified atom stereocenters. The normalized spacial score (nSPS) is 15.3. The number of fused-ring (bicyclic) bond motifs is 1. The molecule has 0 saturated carbocycles. The largest absolute Gasteiger partial charge is 0.351 e. The monoisotopic (exact) mass is 299 g/mol. The Morgan fingerprint density at radius 1 is 1.27 bits per heavy atom. The van der Waals surface area contributed by atoms with Crippen LogP contribution in [0.15, 0.2) is 29.1 Å². The number of aromatic amines is 1. The van der Waals surface area contributed by atoms with Gasteiger partial charge in [-0.05, 0) is 45.0 Å². The van der Waals surface area contributed by atoms with E-state index in [1.165, 1.54) is 18.9 Å². The van der Waals surface area contributed by atoms with Gasteiger partial charge in [-0.3, -0.25) is 9.59 Å². The average molecular weight is 299 g/mol. The van der Waals surface area contributed by atoms with Crippen LogP contribution >= 0.6 is 0 Å². The first-order valence-corrected chi connectivity index (χ1v) is 7.78. The van der Waals surface area contributed by atoms with Gasteiger partial charge < -0.3 is 15.2 Å². The maximum atomic E-state index is 12.4. The number of pyridine rings is 1. The molecule has 3 rings (SSSR count). The second kappa shape index (κ2) is 6.32. The number of likely N-dealkylation sites (tertiary alicyclic amines) is 1. The molecule has 5 nitrogen and oxygen atoms in total. The van der Waals surface area contributed by atoms with E-state index in [2.05, 4.69) is 15.2 Å². The molecule has 0 radical (unpaired) electrons. The van der Waals surface area contributed by atoms with Gasteiger partial charge in [-0.15, -0.1) is 0 Å². The van der Waals surface area contributed by atoms with E-state index in [0.29, 0.717) is 17.6 Å². The Hall–Kier alpha value is -2.14. The molecule has 1 aliphatic heterocycles. The molecule has 0 bridgehead atoms. The van der Waals surface area contributed by atoms with Crippen LogP contribution in [0.1, 0.15) is 28.8 Å². The fraction of sp³-hybridized carbons (Fsp3) is 0.412. The minimum atomic E-state index is -0.249. The van der Waals surface area contributed by atoms with Gasteiger partial charge in [0.1, 0.15) is 0 Å². The molecule has 1 aromatic carbocycles. The lowest BCUT2D eigenvalue weighted by molar-refractivity contribution is 0.0951. The molecule has 1 saturated heterocycles. The fourth-order valence-electron chi connectivity index (χ4n) is 2.98. The van der Waals surface area contributed by atoms with E-state index in [9.17, 15) is 9.59 Å². The van der Waals surface area contributed by atoms with E-state index in [0.717, 1.165) is 30.6 Å². The summed E-state index contributed by atoms with van der Waals surface area (Å²) in [4.78, 5) is 29.3. The Kier molecular flexibility index (Phi) is 4.24. The Bertz CT molecular complexity index is 745. The van der Waals surface area contributed by atoms with Crippen LogP contribution in [0.25, 0.3) is 10.9 Å². The Balaban J connectivity index is 1.77. The molecule has 2 aromatic rings. The minimum absolute atomic E-state index is 0.180. The standard InChI is InChI=1S/C17H21N3O2/c1-12-4-5-15-13(10-12)14(11-16(21)19-15)17(22)18-6-9-20-7-2-3-8-20/h4-5,10-11H,2-3,6-9H2,1H3,(H,18,22)(H,19,21). The van der Waals surface area contributed by atoms with Crippen molar-refractivity contribution < 1.29 is 4.79 Å². The van der Waals surface area contributed by atoms with E-state index in [4.69, 9.17) is 0 Å². The molecule has 0 spiro atoms. The number of hydrogen-bond acceptors (Lipinski definition) is 3. The molecule has 0 atom stereocenters. The van der Waals surface area contributed by atoms with Gasteiger partial charge >= 0.3 is 0 Å². The van der Waals surface area contributed by atoms with Gasteiger partial charge in [0.25, 0.3) is 5.91 Å². The highest BCUT2D eigenvalue weighted by molar-refractivity contribution is 6.06. The number of carbonyl (C=O) groups is 1. The smallest absolute Gasteiger partial charge is 0.252 e. The van der Waals surface area contributed by atoms with Crippen LogP contribution in [0.2, 0.25) is 0 Å². The van der Waals surface area contributed by atoms with Crippen molar-refractivity contribution in [3.8, 4) is 0 Å². The van der Waals surface area contributed by atoms with E-state index in [1.54, 1.807) is 0 Å². The molecule has 5 heteroatoms. The predicted octanol–water partition coefficient (Wildman–Crippen LogP) is 1.66. The van der Waals surface area contributed by atoms with Gasteiger partial charge in [0.15, 0.2) is 0 Å². The van der Waals surface area contributed by atoms with Crippen LogP contribution in [0.4, 0.5) is 0 Å². The molecule has 2 heterocycles. The summed E-state index contributed by atoms with van der Waals surface area (Å²) in [5.41, 5.74) is 1.96. The molecule has 1 aliphatic rings. The zero-order valence-electron chi connectivity index (χ0n) is 12.8. The van der Waals surface area contributed by atoms with Crippen molar-refractivity contribution >= 4 is 16.8 Å². The van der Waals surface area contributed by atoms with Gasteiger partial charge in [-0.1, -0.05) is 11.6 Å². The molecule has 116 valence electrons. The second-order valence-corrected chi connectivity index (χ2v) is 5.90. The predicted molar refractivity (Wildman–Crippen MR) is 87.3 cm³/mol. The molecule has 1 aromatic heterocycles. The summed E-state index contributed by atoms with van der Waals surface area (Å²) in [6.45, 7) is 5.68. The number of aromatic nitrogens is 1. The van der Waals surface area contributed by atoms with Gasteiger partial charge in [0, 0.05) is 30.1 Å². The van der Waals surface area contributed by atoms with Gasteiger partial charge in [0.05, 0.1) is 5.56 Å². The Labute approximate surface area is 129 Å². The first-order valence-electron chi connectivity index (χ1n) is 7.78. The highest BCUT2D eigenvalue weighted by Crippen LogP contribution is 2.16. The Morgan fingerprint density at radius 3 is 2.82 bits per heavy atom. The van der Waals surface area contributed by atoms with E-state index < -0.39 is 0 Å². The van der Waals surface area contributed by atoms with Crippen molar-refractivity contribution in [3.63, 3.8) is 0 Å². The van der Waals surface area contributed by atoms with E-state index in [-0.39, 0.29) is 11.5 Å². The fourth-order valence-corrected chi connectivity index (χ4v) is 2.98. The first kappa shape index (κ1) is 14.8. The molecule has 1 amide bonds. The number of hydrogen-bond donors (Lipinski definition) is 2. The Morgan fingerprint density at radius 2 is 2.05 bits per heavy atom. The van der Waals surface area contributed by atoms with Gasteiger partial charge in [0.2, 0.25) is 5.56 Å². The first-order chi connectivity index (χ1) is 10.6. The zero-order chi connectivity index (χ0) is 15.5. The van der Waals surface area contributed by atoms with Crippen LogP contribution in [0.5, 0.6) is 0 Å². The third-order valence-corrected chi connectivity index (χ3v) is 4.16. The summed E-state index contributed by atoms with van der Waals surface area (Å²) in [7, 11) is 0. The van der Waals surface area contributed by atoms with Crippen molar-refractivity contribution in [2.75, 3.05) is 26.2 Å². The second-order valence-electron chi connectivity index (χ2n) is 5.90. The molecular weight excluding hydrogens is 278 g/mol. The van der Waals surface area contributed by atoms with Crippen LogP contribution in [-0.4, -0.2) is 42.0 Å². The molecule has 22 heavy (non-hydrogen) atoms.